The van der Waals surface area contributed by atoms with Gasteiger partial charge in [-0.3, -0.25) is 9.69 Å². The second-order valence-corrected chi connectivity index (χ2v) is 4.98. The van der Waals surface area contributed by atoms with E-state index < -0.39 is 11.9 Å². The number of carbonyl (C=O) groups excluding carboxylic acids is 2. The number of halogens is 1. The Morgan fingerprint density at radius 3 is 2.65 bits per heavy atom. The molecule has 0 saturated heterocycles. The van der Waals surface area contributed by atoms with Gasteiger partial charge in [0.15, 0.2) is 0 Å². The Labute approximate surface area is 115 Å². The summed E-state index contributed by atoms with van der Waals surface area (Å²) in [5.74, 6) is -0.614. The van der Waals surface area contributed by atoms with Crippen molar-refractivity contribution in [2.45, 2.75) is 6.04 Å². The number of hydrogen-bond acceptors (Lipinski definition) is 2. The third kappa shape index (κ3) is 1.68. The lowest BCUT2D eigenvalue weighted by Crippen LogP contribution is -2.45. The van der Waals surface area contributed by atoms with Gasteiger partial charge in [-0.1, -0.05) is 18.2 Å². The van der Waals surface area contributed by atoms with Gasteiger partial charge in [0.05, 0.1) is 23.9 Å². The highest BCUT2D eigenvalue weighted by Crippen LogP contribution is 2.35. The Morgan fingerprint density at radius 1 is 1.25 bits per heavy atom. The summed E-state index contributed by atoms with van der Waals surface area (Å²) in [6, 6.07) is 5.11. The molecule has 20 heavy (non-hydrogen) atoms. The molecule has 1 aromatic carbocycles. The van der Waals surface area contributed by atoms with E-state index in [1.54, 1.807) is 32.3 Å². The molecule has 0 bridgehead atoms. The standard InChI is InChI=1S/C14H14FN3O2/c1-17-7-10-11(13(17)19)12(16-14(20)18(10)2)8-5-3-4-6-9(8)15/h3-6,12H,7H2,1-2H3,(H,16,20). The minimum atomic E-state index is -0.729. The maximum Gasteiger partial charge on any atom is 0.322 e. The van der Waals surface area contributed by atoms with Crippen molar-refractivity contribution in [1.82, 2.24) is 15.1 Å². The summed E-state index contributed by atoms with van der Waals surface area (Å²) in [6.07, 6.45) is 0. The van der Waals surface area contributed by atoms with Crippen LogP contribution in [0.2, 0.25) is 0 Å². The Hall–Kier alpha value is -2.37. The lowest BCUT2D eigenvalue weighted by Gasteiger charge is -2.31. The van der Waals surface area contributed by atoms with E-state index in [0.29, 0.717) is 23.4 Å². The van der Waals surface area contributed by atoms with Crippen molar-refractivity contribution in [3.63, 3.8) is 0 Å². The summed E-state index contributed by atoms with van der Waals surface area (Å²) in [4.78, 5) is 27.2. The van der Waals surface area contributed by atoms with Crippen LogP contribution in [0.15, 0.2) is 35.5 Å². The highest BCUT2D eigenvalue weighted by Gasteiger charge is 2.42. The third-order valence-electron chi connectivity index (χ3n) is 3.76. The Bertz CT molecular complexity index is 641. The zero-order chi connectivity index (χ0) is 14.4. The minimum absolute atomic E-state index is 0.180. The van der Waals surface area contributed by atoms with Crippen LogP contribution < -0.4 is 5.32 Å². The van der Waals surface area contributed by atoms with Crippen molar-refractivity contribution in [1.29, 1.82) is 0 Å². The normalized spacial score (nSPS) is 22.2. The maximum absolute atomic E-state index is 14.0. The molecule has 1 N–H and O–H groups in total. The number of rotatable bonds is 1. The Kier molecular flexibility index (Phi) is 2.74. The van der Waals surface area contributed by atoms with Crippen molar-refractivity contribution in [3.05, 3.63) is 46.9 Å². The summed E-state index contributed by atoms with van der Waals surface area (Å²) >= 11 is 0. The first-order valence-electron chi connectivity index (χ1n) is 6.28. The van der Waals surface area contributed by atoms with Gasteiger partial charge in [0.1, 0.15) is 5.82 Å². The fraction of sp³-hybridized carbons (Fsp3) is 0.286. The zero-order valence-corrected chi connectivity index (χ0v) is 11.2. The van der Waals surface area contributed by atoms with Gasteiger partial charge in [0.2, 0.25) is 0 Å². The van der Waals surface area contributed by atoms with Gasteiger partial charge in [-0.05, 0) is 6.07 Å². The van der Waals surface area contributed by atoms with E-state index in [2.05, 4.69) is 5.32 Å². The summed E-state index contributed by atoms with van der Waals surface area (Å²) in [7, 11) is 3.27. The van der Waals surface area contributed by atoms with Gasteiger partial charge in [0.25, 0.3) is 5.91 Å². The van der Waals surface area contributed by atoms with Crippen molar-refractivity contribution >= 4 is 11.9 Å². The van der Waals surface area contributed by atoms with E-state index in [1.807, 2.05) is 0 Å². The van der Waals surface area contributed by atoms with E-state index in [4.69, 9.17) is 0 Å². The smallest absolute Gasteiger partial charge is 0.322 e. The molecule has 3 amide bonds. The predicted molar refractivity (Wildman–Crippen MR) is 70.1 cm³/mol. The maximum atomic E-state index is 14.0. The third-order valence-corrected chi connectivity index (χ3v) is 3.76. The molecule has 0 aromatic heterocycles. The average molecular weight is 275 g/mol. The zero-order valence-electron chi connectivity index (χ0n) is 11.2. The van der Waals surface area contributed by atoms with Crippen LogP contribution in [0, 0.1) is 5.82 Å². The van der Waals surface area contributed by atoms with Crippen LogP contribution >= 0.6 is 0 Å². The highest BCUT2D eigenvalue weighted by atomic mass is 19.1. The van der Waals surface area contributed by atoms with Crippen LogP contribution in [0.5, 0.6) is 0 Å². The van der Waals surface area contributed by atoms with Crippen LogP contribution in [0.4, 0.5) is 9.18 Å². The molecule has 0 aliphatic carbocycles. The first kappa shape index (κ1) is 12.7. The molecule has 1 unspecified atom stereocenters. The van der Waals surface area contributed by atoms with E-state index in [9.17, 15) is 14.0 Å². The second-order valence-electron chi connectivity index (χ2n) is 4.98. The number of nitrogens with one attached hydrogen (secondary N) is 1. The van der Waals surface area contributed by atoms with Gasteiger partial charge in [-0.2, -0.15) is 0 Å². The summed E-state index contributed by atoms with van der Waals surface area (Å²) in [5.41, 5.74) is 1.39. The number of amides is 3. The fourth-order valence-corrected chi connectivity index (χ4v) is 2.65. The van der Waals surface area contributed by atoms with Crippen LogP contribution in [-0.2, 0) is 4.79 Å². The summed E-state index contributed by atoms with van der Waals surface area (Å²) in [6.45, 7) is 0.364. The number of benzene rings is 1. The largest absolute Gasteiger partial charge is 0.336 e. The molecule has 3 rings (SSSR count). The summed E-state index contributed by atoms with van der Waals surface area (Å²) < 4.78 is 14.0. The molecule has 0 fully saturated rings. The SMILES string of the molecule is CN1CC2=C(C1=O)C(c1ccccc1F)NC(=O)N2C. The molecule has 1 aromatic rings. The van der Waals surface area contributed by atoms with Crippen molar-refractivity contribution in [3.8, 4) is 0 Å². The fourth-order valence-electron chi connectivity index (χ4n) is 2.65. The minimum Gasteiger partial charge on any atom is -0.336 e. The number of urea groups is 1. The molecular formula is C14H14FN3O2. The quantitative estimate of drug-likeness (QED) is 0.838. The topological polar surface area (TPSA) is 52.7 Å². The van der Waals surface area contributed by atoms with Crippen molar-refractivity contribution in [2.24, 2.45) is 0 Å². The molecule has 0 saturated carbocycles. The van der Waals surface area contributed by atoms with Crippen LogP contribution in [0.3, 0.4) is 0 Å². The van der Waals surface area contributed by atoms with E-state index >= 15 is 0 Å². The molecule has 5 nitrogen and oxygen atoms in total. The molecule has 2 aliphatic heterocycles. The van der Waals surface area contributed by atoms with E-state index in [0.717, 1.165) is 0 Å². The first-order chi connectivity index (χ1) is 9.50. The molecule has 6 heteroatoms. The van der Waals surface area contributed by atoms with Gasteiger partial charge in [-0.25, -0.2) is 9.18 Å². The number of hydrogen-bond donors (Lipinski definition) is 1. The van der Waals surface area contributed by atoms with Gasteiger partial charge >= 0.3 is 6.03 Å². The van der Waals surface area contributed by atoms with Crippen LogP contribution in [0.25, 0.3) is 0 Å². The summed E-state index contributed by atoms with van der Waals surface area (Å²) in [5, 5.41) is 2.69. The van der Waals surface area contributed by atoms with Crippen molar-refractivity contribution in [2.75, 3.05) is 20.6 Å². The highest BCUT2D eigenvalue weighted by molar-refractivity contribution is 6.01. The van der Waals surface area contributed by atoms with Gasteiger partial charge in [0, 0.05) is 19.7 Å². The monoisotopic (exact) mass is 275 g/mol. The van der Waals surface area contributed by atoms with E-state index in [1.165, 1.54) is 15.9 Å². The van der Waals surface area contributed by atoms with Crippen molar-refractivity contribution < 1.29 is 14.0 Å². The van der Waals surface area contributed by atoms with Crippen LogP contribution in [-0.4, -0.2) is 42.4 Å². The average Bonchev–Trinajstić information content (AvgIpc) is 2.72. The van der Waals surface area contributed by atoms with Crippen LogP contribution in [0.1, 0.15) is 11.6 Å². The molecule has 2 heterocycles. The number of carbonyl (C=O) groups is 2. The lowest BCUT2D eigenvalue weighted by atomic mass is 9.95. The molecule has 1 atom stereocenters. The molecule has 2 aliphatic rings. The number of nitrogens with zero attached hydrogens (tertiary/aromatic N) is 2. The molecule has 0 radical (unpaired) electrons. The second kappa shape index (κ2) is 4.33. The van der Waals surface area contributed by atoms with Gasteiger partial charge < -0.3 is 10.2 Å². The van der Waals surface area contributed by atoms with E-state index in [-0.39, 0.29) is 11.9 Å². The predicted octanol–water partition coefficient (Wildman–Crippen LogP) is 1.25. The number of likely N-dealkylation sites (N-methyl/N-ethyl adjacent to an activating group) is 2. The lowest BCUT2D eigenvalue weighted by molar-refractivity contribution is -0.124. The first-order valence-corrected chi connectivity index (χ1v) is 6.28. The molecular weight excluding hydrogens is 261 g/mol. The molecule has 0 spiro atoms. The Morgan fingerprint density at radius 2 is 1.95 bits per heavy atom. The van der Waals surface area contributed by atoms with Gasteiger partial charge in [-0.15, -0.1) is 0 Å². The Balaban J connectivity index is 2.14. The molecule has 104 valence electrons.